The SMILES string of the molecule is CC(C)O[C@@H]1C[C@H]2[C@@H]3CCC4=CC(=O)C=C[C@]4(C)[C@@]3(F)[C@@H](O)C[C@]2(C)[C@@]1(OC(C)C)C(=O)CO. The lowest BCUT2D eigenvalue weighted by Gasteiger charge is -2.63. The van der Waals surface area contributed by atoms with E-state index in [9.17, 15) is 19.8 Å². The summed E-state index contributed by atoms with van der Waals surface area (Å²) in [7, 11) is 0. The Hall–Kier alpha value is -1.41. The van der Waals surface area contributed by atoms with Crippen molar-refractivity contribution in [3.63, 3.8) is 0 Å². The Labute approximate surface area is 201 Å². The Morgan fingerprint density at radius 1 is 1.21 bits per heavy atom. The average Bonchev–Trinajstić information content (AvgIpc) is 2.97. The first-order valence-electron chi connectivity index (χ1n) is 12.6. The quantitative estimate of drug-likeness (QED) is 0.607. The normalized spacial score (nSPS) is 45.7. The van der Waals surface area contributed by atoms with E-state index in [4.69, 9.17) is 9.47 Å². The van der Waals surface area contributed by atoms with Crippen molar-refractivity contribution >= 4 is 11.6 Å². The largest absolute Gasteiger partial charge is 0.390 e. The second kappa shape index (κ2) is 8.32. The number of aliphatic hydroxyl groups is 2. The van der Waals surface area contributed by atoms with Crippen LogP contribution < -0.4 is 0 Å². The summed E-state index contributed by atoms with van der Waals surface area (Å²) in [4.78, 5) is 25.5. The van der Waals surface area contributed by atoms with Crippen molar-refractivity contribution in [2.24, 2.45) is 22.7 Å². The molecule has 8 atom stereocenters. The summed E-state index contributed by atoms with van der Waals surface area (Å²) in [6.07, 6.45) is 3.31. The fraction of sp³-hybridized carbons (Fsp3) is 0.778. The lowest BCUT2D eigenvalue weighted by atomic mass is 9.44. The van der Waals surface area contributed by atoms with Gasteiger partial charge in [0.2, 0.25) is 0 Å². The third kappa shape index (κ3) is 3.19. The highest BCUT2D eigenvalue weighted by molar-refractivity contribution is 6.01. The van der Waals surface area contributed by atoms with Crippen LogP contribution in [-0.4, -0.2) is 64.1 Å². The molecule has 0 aliphatic heterocycles. The molecule has 3 fully saturated rings. The number of hydrogen-bond acceptors (Lipinski definition) is 6. The fourth-order valence-corrected chi connectivity index (χ4v) is 7.93. The molecule has 0 heterocycles. The molecule has 0 saturated heterocycles. The van der Waals surface area contributed by atoms with Gasteiger partial charge in [-0.25, -0.2) is 4.39 Å². The molecule has 0 aromatic rings. The van der Waals surface area contributed by atoms with Crippen LogP contribution in [0.2, 0.25) is 0 Å². The maximum atomic E-state index is 17.4. The first kappa shape index (κ1) is 25.7. The van der Waals surface area contributed by atoms with Crippen molar-refractivity contribution in [1.29, 1.82) is 0 Å². The van der Waals surface area contributed by atoms with Gasteiger partial charge in [0.1, 0.15) is 6.61 Å². The van der Waals surface area contributed by atoms with E-state index >= 15 is 4.39 Å². The molecule has 4 aliphatic rings. The van der Waals surface area contributed by atoms with Crippen molar-refractivity contribution < 1.29 is 33.7 Å². The monoisotopic (exact) mass is 478 g/mol. The summed E-state index contributed by atoms with van der Waals surface area (Å²) in [6, 6.07) is 0. The van der Waals surface area contributed by atoms with Gasteiger partial charge in [-0.3, -0.25) is 9.59 Å². The lowest BCUT2D eigenvalue weighted by molar-refractivity contribution is -0.244. The summed E-state index contributed by atoms with van der Waals surface area (Å²) < 4.78 is 30.1. The van der Waals surface area contributed by atoms with Crippen molar-refractivity contribution in [1.82, 2.24) is 0 Å². The topological polar surface area (TPSA) is 93.1 Å². The Bertz CT molecular complexity index is 926. The molecule has 0 aromatic heterocycles. The van der Waals surface area contributed by atoms with Gasteiger partial charge in [0, 0.05) is 16.7 Å². The molecule has 0 amide bonds. The van der Waals surface area contributed by atoms with E-state index in [2.05, 4.69) is 0 Å². The zero-order chi connectivity index (χ0) is 25.3. The summed E-state index contributed by atoms with van der Waals surface area (Å²) in [6.45, 7) is 10.4. The van der Waals surface area contributed by atoms with Gasteiger partial charge in [-0.05, 0) is 78.4 Å². The average molecular weight is 479 g/mol. The number of alkyl halides is 1. The number of allylic oxidation sites excluding steroid dienone is 4. The third-order valence-corrected chi connectivity index (χ3v) is 9.22. The number of carbonyl (C=O) groups excluding carboxylic acids is 2. The second-order valence-corrected chi connectivity index (χ2v) is 11.7. The second-order valence-electron chi connectivity index (χ2n) is 11.7. The zero-order valence-corrected chi connectivity index (χ0v) is 21.1. The van der Waals surface area contributed by atoms with Crippen LogP contribution in [0.4, 0.5) is 4.39 Å². The van der Waals surface area contributed by atoms with Gasteiger partial charge in [-0.1, -0.05) is 18.6 Å². The van der Waals surface area contributed by atoms with Crippen molar-refractivity contribution in [2.75, 3.05) is 6.61 Å². The minimum absolute atomic E-state index is 0.00820. The summed E-state index contributed by atoms with van der Waals surface area (Å²) in [5.74, 6) is -1.53. The van der Waals surface area contributed by atoms with Crippen molar-refractivity contribution in [2.45, 2.75) is 103 Å². The Kier molecular flexibility index (Phi) is 6.29. The molecule has 0 bridgehead atoms. The van der Waals surface area contributed by atoms with E-state index in [1.165, 1.54) is 12.2 Å². The molecule has 190 valence electrons. The summed E-state index contributed by atoms with van der Waals surface area (Å²) in [5, 5.41) is 21.6. The molecular weight excluding hydrogens is 439 g/mol. The number of Topliss-reactive ketones (excluding diaryl/α,β-unsaturated/α-hetero) is 1. The molecule has 6 nitrogen and oxygen atoms in total. The summed E-state index contributed by atoms with van der Waals surface area (Å²) in [5.41, 5.74) is -4.84. The molecule has 0 unspecified atom stereocenters. The van der Waals surface area contributed by atoms with Crippen LogP contribution >= 0.6 is 0 Å². The maximum absolute atomic E-state index is 17.4. The first-order valence-corrected chi connectivity index (χ1v) is 12.6. The maximum Gasteiger partial charge on any atom is 0.193 e. The number of carbonyl (C=O) groups is 2. The van der Waals surface area contributed by atoms with E-state index in [-0.39, 0.29) is 30.3 Å². The van der Waals surface area contributed by atoms with Gasteiger partial charge in [0.25, 0.3) is 0 Å². The van der Waals surface area contributed by atoms with Crippen molar-refractivity contribution in [3.8, 4) is 0 Å². The van der Waals surface area contributed by atoms with Crippen LogP contribution in [0.5, 0.6) is 0 Å². The molecule has 2 N–H and O–H groups in total. The van der Waals surface area contributed by atoms with Crippen LogP contribution in [0.25, 0.3) is 0 Å². The molecule has 34 heavy (non-hydrogen) atoms. The molecule has 4 rings (SSSR count). The molecule has 7 heteroatoms. The highest BCUT2D eigenvalue weighted by atomic mass is 19.1. The Balaban J connectivity index is 1.88. The molecular formula is C27H39FO6. The van der Waals surface area contributed by atoms with E-state index in [0.29, 0.717) is 24.8 Å². The van der Waals surface area contributed by atoms with Gasteiger partial charge >= 0.3 is 0 Å². The highest BCUT2D eigenvalue weighted by Crippen LogP contribution is 2.70. The number of halogens is 1. The number of rotatable bonds is 6. The third-order valence-electron chi connectivity index (χ3n) is 9.22. The predicted octanol–water partition coefficient (Wildman–Crippen LogP) is 3.49. The molecule has 4 aliphatic carbocycles. The van der Waals surface area contributed by atoms with E-state index in [1.54, 1.807) is 13.0 Å². The van der Waals surface area contributed by atoms with Gasteiger partial charge in [0.15, 0.2) is 22.8 Å². The molecule has 0 spiro atoms. The van der Waals surface area contributed by atoms with Gasteiger partial charge in [0.05, 0.1) is 24.4 Å². The highest BCUT2D eigenvalue weighted by Gasteiger charge is 2.77. The summed E-state index contributed by atoms with van der Waals surface area (Å²) >= 11 is 0. The number of hydrogen-bond donors (Lipinski definition) is 2. The van der Waals surface area contributed by atoms with Gasteiger partial charge in [-0.15, -0.1) is 0 Å². The standard InChI is InChI=1S/C27H39FO6/c1-15(2)33-23-12-20-19-8-7-17-11-18(30)9-10-24(17,5)26(19,28)21(31)13-25(20,6)27(23,22(32)14-29)34-16(3)4/h9-11,15-16,19-21,23,29,31H,7-8,12-14H2,1-6H3/t19-,20-,21-,23+,24-,25-,26-,27+/m0/s1. The van der Waals surface area contributed by atoms with E-state index in [0.717, 1.165) is 0 Å². The number of fused-ring (bicyclic) bond motifs is 5. The fourth-order valence-electron chi connectivity index (χ4n) is 7.93. The van der Waals surface area contributed by atoms with Crippen LogP contribution in [0.15, 0.2) is 23.8 Å². The number of ether oxygens (including phenoxy) is 2. The molecule has 3 saturated carbocycles. The number of aliphatic hydroxyl groups excluding tert-OH is 2. The lowest BCUT2D eigenvalue weighted by Crippen LogP contribution is -2.70. The number of ketones is 2. The van der Waals surface area contributed by atoms with Crippen LogP contribution in [0.3, 0.4) is 0 Å². The van der Waals surface area contributed by atoms with E-state index in [1.807, 2.05) is 34.6 Å². The zero-order valence-electron chi connectivity index (χ0n) is 21.1. The predicted molar refractivity (Wildman–Crippen MR) is 125 cm³/mol. The van der Waals surface area contributed by atoms with Crippen molar-refractivity contribution in [3.05, 3.63) is 23.8 Å². The van der Waals surface area contributed by atoms with Gasteiger partial charge < -0.3 is 19.7 Å². The molecule has 0 radical (unpaired) electrons. The minimum Gasteiger partial charge on any atom is -0.390 e. The van der Waals surface area contributed by atoms with Crippen LogP contribution in [-0.2, 0) is 19.1 Å². The molecule has 0 aromatic carbocycles. The Morgan fingerprint density at radius 2 is 1.88 bits per heavy atom. The van der Waals surface area contributed by atoms with Gasteiger partial charge in [-0.2, -0.15) is 0 Å². The van der Waals surface area contributed by atoms with Crippen LogP contribution in [0.1, 0.15) is 67.2 Å². The smallest absolute Gasteiger partial charge is 0.193 e. The van der Waals surface area contributed by atoms with E-state index < -0.39 is 52.6 Å². The first-order chi connectivity index (χ1) is 15.8. The minimum atomic E-state index is -2.00. The Morgan fingerprint density at radius 3 is 2.47 bits per heavy atom. The van der Waals surface area contributed by atoms with Crippen LogP contribution in [0, 0.1) is 22.7 Å².